The van der Waals surface area contributed by atoms with Gasteiger partial charge in [0, 0.05) is 31.4 Å². The van der Waals surface area contributed by atoms with Crippen molar-refractivity contribution >= 4 is 38.2 Å². The summed E-state index contributed by atoms with van der Waals surface area (Å²) in [5, 5.41) is 3.80. The number of rotatable bonds is 7. The molecule has 3 aromatic heterocycles. The average molecular weight is 567 g/mol. The van der Waals surface area contributed by atoms with Gasteiger partial charge in [-0.1, -0.05) is 0 Å². The van der Waals surface area contributed by atoms with Crippen LogP contribution >= 0.6 is 0 Å². The molecule has 0 atom stereocenters. The minimum atomic E-state index is -4.42. The molecule has 1 saturated carbocycles. The fourth-order valence-electron chi connectivity index (χ4n) is 4.73. The number of alkyl halides is 3. The van der Waals surface area contributed by atoms with Crippen LogP contribution in [-0.2, 0) is 20.9 Å². The Hall–Kier alpha value is -3.39. The van der Waals surface area contributed by atoms with Gasteiger partial charge in [0.25, 0.3) is 0 Å². The zero-order valence-corrected chi connectivity index (χ0v) is 22.1. The van der Waals surface area contributed by atoms with Crippen molar-refractivity contribution in [2.24, 2.45) is 0 Å². The number of pyridine rings is 3. The van der Waals surface area contributed by atoms with Crippen LogP contribution in [0.5, 0.6) is 5.88 Å². The van der Waals surface area contributed by atoms with Gasteiger partial charge < -0.3 is 19.7 Å². The molecule has 2 fully saturated rings. The van der Waals surface area contributed by atoms with Crippen molar-refractivity contribution in [3.63, 3.8) is 0 Å². The van der Waals surface area contributed by atoms with Gasteiger partial charge in [0.05, 0.1) is 47.8 Å². The van der Waals surface area contributed by atoms with Crippen molar-refractivity contribution in [2.45, 2.75) is 44.0 Å². The molecule has 2 aliphatic rings. The fourth-order valence-corrected chi connectivity index (χ4v) is 5.27. The minimum Gasteiger partial charge on any atom is -0.474 e. The van der Waals surface area contributed by atoms with Crippen LogP contribution in [0.15, 0.2) is 36.7 Å². The highest BCUT2D eigenvalue weighted by molar-refractivity contribution is 7.92. The van der Waals surface area contributed by atoms with E-state index in [9.17, 15) is 21.6 Å². The Balaban J connectivity index is 1.31. The number of sulfonamides is 1. The maximum Gasteiger partial charge on any atom is 0.417 e. The van der Waals surface area contributed by atoms with Crippen LogP contribution in [0.4, 0.5) is 30.5 Å². The molecule has 0 aromatic carbocycles. The number of nitrogens with zero attached hydrogens (tertiary/aromatic N) is 4. The molecule has 0 spiro atoms. The van der Waals surface area contributed by atoms with E-state index in [-0.39, 0.29) is 12.1 Å². The molecule has 0 radical (unpaired) electrons. The fraction of sp³-hybridized carbons (Fsp3) is 0.480. The molecule has 3 aromatic rings. The van der Waals surface area contributed by atoms with Crippen LogP contribution in [0.1, 0.15) is 31.2 Å². The monoisotopic (exact) mass is 566 g/mol. The first kappa shape index (κ1) is 27.2. The van der Waals surface area contributed by atoms with Crippen molar-refractivity contribution in [3.8, 4) is 5.88 Å². The van der Waals surface area contributed by atoms with E-state index in [1.54, 1.807) is 6.07 Å². The highest BCUT2D eigenvalue weighted by Crippen LogP contribution is 2.33. The number of halogens is 3. The Morgan fingerprint density at radius 3 is 2.44 bits per heavy atom. The summed E-state index contributed by atoms with van der Waals surface area (Å²) in [7, 11) is -3.49. The summed E-state index contributed by atoms with van der Waals surface area (Å²) in [5.41, 5.74) is 0.158. The number of hydrogen-bond acceptors (Lipinski definition) is 9. The number of aromatic nitrogens is 3. The van der Waals surface area contributed by atoms with Gasteiger partial charge in [-0.15, -0.1) is 0 Å². The van der Waals surface area contributed by atoms with Crippen molar-refractivity contribution in [2.75, 3.05) is 47.5 Å². The van der Waals surface area contributed by atoms with E-state index in [4.69, 9.17) is 14.5 Å². The molecule has 0 unspecified atom stereocenters. The Labute approximate surface area is 224 Å². The Kier molecular flexibility index (Phi) is 7.67. The number of hydrogen-bond donors (Lipinski definition) is 2. The van der Waals surface area contributed by atoms with E-state index < -0.39 is 21.8 Å². The van der Waals surface area contributed by atoms with Crippen LogP contribution in [0.3, 0.4) is 0 Å². The minimum absolute atomic E-state index is 0.0469. The predicted octanol–water partition coefficient (Wildman–Crippen LogP) is 4.05. The molecule has 10 nitrogen and oxygen atoms in total. The molecule has 1 aliphatic carbocycles. The van der Waals surface area contributed by atoms with E-state index in [0.29, 0.717) is 73.3 Å². The lowest BCUT2D eigenvalue weighted by atomic mass is 9.93. The van der Waals surface area contributed by atoms with E-state index in [1.165, 1.54) is 12.3 Å². The maximum atomic E-state index is 12.8. The van der Waals surface area contributed by atoms with Gasteiger partial charge in [-0.3, -0.25) is 9.71 Å². The molecule has 14 heteroatoms. The van der Waals surface area contributed by atoms with Crippen molar-refractivity contribution in [1.82, 2.24) is 15.0 Å². The van der Waals surface area contributed by atoms with Crippen LogP contribution in [0.25, 0.3) is 10.9 Å². The number of nitrogens with one attached hydrogen (secondary N) is 2. The van der Waals surface area contributed by atoms with E-state index in [1.807, 2.05) is 6.07 Å². The number of morpholine rings is 1. The smallest absolute Gasteiger partial charge is 0.417 e. The van der Waals surface area contributed by atoms with E-state index in [2.05, 4.69) is 24.9 Å². The van der Waals surface area contributed by atoms with Crippen LogP contribution in [-0.4, -0.2) is 68.1 Å². The van der Waals surface area contributed by atoms with E-state index >= 15 is 0 Å². The molecule has 39 heavy (non-hydrogen) atoms. The third kappa shape index (κ3) is 6.98. The zero-order chi connectivity index (χ0) is 27.6. The largest absolute Gasteiger partial charge is 0.474 e. The lowest BCUT2D eigenvalue weighted by Crippen LogP contribution is -2.37. The lowest BCUT2D eigenvalue weighted by Gasteiger charge is -2.31. The van der Waals surface area contributed by atoms with Gasteiger partial charge in [0.1, 0.15) is 17.7 Å². The highest BCUT2D eigenvalue weighted by Gasteiger charge is 2.31. The summed E-state index contributed by atoms with van der Waals surface area (Å²) in [6.07, 6.45) is 1.64. The van der Waals surface area contributed by atoms with Gasteiger partial charge in [-0.05, 0) is 43.9 Å². The van der Waals surface area contributed by atoms with Gasteiger partial charge in [-0.2, -0.15) is 18.2 Å². The number of fused-ring (bicyclic) bond motifs is 1. The first-order valence-electron chi connectivity index (χ1n) is 12.6. The molecule has 2 N–H and O–H groups in total. The average Bonchev–Trinajstić information content (AvgIpc) is 2.89. The van der Waals surface area contributed by atoms with Crippen LogP contribution < -0.4 is 19.7 Å². The lowest BCUT2D eigenvalue weighted by molar-refractivity contribution is -0.137. The first-order chi connectivity index (χ1) is 18.5. The molecule has 1 aliphatic heterocycles. The van der Waals surface area contributed by atoms with Crippen molar-refractivity contribution in [3.05, 3.63) is 42.2 Å². The summed E-state index contributed by atoms with van der Waals surface area (Å²) in [6, 6.07) is 5.93. The first-order valence-corrected chi connectivity index (χ1v) is 14.5. The van der Waals surface area contributed by atoms with E-state index in [0.717, 1.165) is 31.4 Å². The molecule has 0 bridgehead atoms. The third-order valence-electron chi connectivity index (χ3n) is 6.66. The van der Waals surface area contributed by atoms with Crippen LogP contribution in [0.2, 0.25) is 0 Å². The van der Waals surface area contributed by atoms with Crippen LogP contribution in [0, 0.1) is 0 Å². The van der Waals surface area contributed by atoms with Gasteiger partial charge in [0.2, 0.25) is 15.9 Å². The summed E-state index contributed by atoms with van der Waals surface area (Å²) in [5.74, 6) is 1.48. The van der Waals surface area contributed by atoms with Gasteiger partial charge in [-0.25, -0.2) is 13.4 Å². The molecular formula is C25H29F3N6O4S. The number of anilines is 3. The predicted molar refractivity (Wildman–Crippen MR) is 141 cm³/mol. The second-order valence-corrected chi connectivity index (χ2v) is 11.5. The van der Waals surface area contributed by atoms with Crippen molar-refractivity contribution < 1.29 is 31.1 Å². The Morgan fingerprint density at radius 2 is 1.79 bits per heavy atom. The molecule has 1 saturated heterocycles. The summed E-state index contributed by atoms with van der Waals surface area (Å²) >= 11 is 0. The molecule has 0 amide bonds. The van der Waals surface area contributed by atoms with Crippen molar-refractivity contribution in [1.29, 1.82) is 0 Å². The van der Waals surface area contributed by atoms with Gasteiger partial charge >= 0.3 is 6.18 Å². The second kappa shape index (κ2) is 11.0. The molecular weight excluding hydrogens is 537 g/mol. The normalized spacial score (nSPS) is 20.6. The summed E-state index contributed by atoms with van der Waals surface area (Å²) < 4.78 is 76.2. The molecule has 5 rings (SSSR count). The molecule has 210 valence electrons. The Morgan fingerprint density at radius 1 is 1.05 bits per heavy atom. The SMILES string of the molecule is CS(=O)(=O)Nc1cnc2cc(N3CCOCC3)nc(OC3CCC(Nc4ccc(C(F)(F)F)cn4)CC3)c2c1. The highest BCUT2D eigenvalue weighted by atomic mass is 32.2. The maximum absolute atomic E-state index is 12.8. The number of ether oxygens (including phenoxy) is 2. The quantitative estimate of drug-likeness (QED) is 0.437. The second-order valence-electron chi connectivity index (χ2n) is 9.72. The topological polar surface area (TPSA) is 119 Å². The van der Waals surface area contributed by atoms with Gasteiger partial charge in [0.15, 0.2) is 0 Å². The standard InChI is InChI=1S/C25H29F3N6O4S/c1-39(35,36)33-18-12-20-21(29-15-18)13-23(34-8-10-37-11-9-34)32-24(20)38-19-5-3-17(4-6-19)31-22-7-2-16(14-30-22)25(26,27)28/h2,7,12-15,17,19,33H,3-6,8-11H2,1H3,(H,30,31). The zero-order valence-electron chi connectivity index (χ0n) is 21.2. The summed E-state index contributed by atoms with van der Waals surface area (Å²) in [4.78, 5) is 15.2. The third-order valence-corrected chi connectivity index (χ3v) is 7.27. The molecule has 4 heterocycles. The summed E-state index contributed by atoms with van der Waals surface area (Å²) in [6.45, 7) is 2.54. The Bertz CT molecular complexity index is 1410.